The van der Waals surface area contributed by atoms with Crippen molar-refractivity contribution in [2.24, 2.45) is 0 Å². The number of pyridine rings is 1. The maximum atomic E-state index is 6.13. The van der Waals surface area contributed by atoms with Crippen LogP contribution in [0.1, 0.15) is 28.2 Å². The van der Waals surface area contributed by atoms with E-state index in [-0.39, 0.29) is 5.60 Å². The van der Waals surface area contributed by atoms with Crippen molar-refractivity contribution in [3.05, 3.63) is 52.0 Å². The first kappa shape index (κ1) is 16.2. The van der Waals surface area contributed by atoms with Crippen molar-refractivity contribution in [2.75, 3.05) is 19.7 Å². The van der Waals surface area contributed by atoms with Crippen molar-refractivity contribution in [2.45, 2.75) is 44.6 Å². The first-order valence-electron chi connectivity index (χ1n) is 8.63. The Balaban J connectivity index is 1.26. The Kier molecular flexibility index (Phi) is 4.68. The van der Waals surface area contributed by atoms with E-state index in [0.717, 1.165) is 39.1 Å². The van der Waals surface area contributed by atoms with Crippen LogP contribution in [0.4, 0.5) is 0 Å². The molecule has 0 unspecified atom stereocenters. The number of ether oxygens (including phenoxy) is 2. The molecule has 2 saturated heterocycles. The molecular weight excluding hydrogens is 320 g/mol. The first-order valence-corrected chi connectivity index (χ1v) is 9.45. The van der Waals surface area contributed by atoms with Crippen molar-refractivity contribution in [3.8, 4) is 0 Å². The van der Waals surface area contributed by atoms with E-state index in [1.54, 1.807) is 0 Å². The van der Waals surface area contributed by atoms with E-state index in [4.69, 9.17) is 9.47 Å². The molecular formula is C19H24N2O2S. The average molecular weight is 344 g/mol. The van der Waals surface area contributed by atoms with Crippen LogP contribution in [0.25, 0.3) is 0 Å². The van der Waals surface area contributed by atoms with Gasteiger partial charge in [0.15, 0.2) is 0 Å². The number of aromatic nitrogens is 1. The molecule has 24 heavy (non-hydrogen) atoms. The van der Waals surface area contributed by atoms with Crippen molar-refractivity contribution in [3.63, 3.8) is 0 Å². The molecule has 4 rings (SSSR count). The van der Waals surface area contributed by atoms with Crippen molar-refractivity contribution in [1.29, 1.82) is 0 Å². The fraction of sp³-hybridized carbons (Fsp3) is 0.526. The predicted molar refractivity (Wildman–Crippen MR) is 95.1 cm³/mol. The first-order chi connectivity index (χ1) is 11.7. The Morgan fingerprint density at radius 2 is 2.12 bits per heavy atom. The maximum absolute atomic E-state index is 6.13. The van der Waals surface area contributed by atoms with Crippen molar-refractivity contribution >= 4 is 11.3 Å². The molecule has 0 bridgehead atoms. The van der Waals surface area contributed by atoms with Crippen LogP contribution in [0.5, 0.6) is 0 Å². The molecule has 2 aliphatic rings. The minimum absolute atomic E-state index is 0.0213. The highest BCUT2D eigenvalue weighted by molar-refractivity contribution is 7.11. The van der Waals surface area contributed by atoms with Crippen molar-refractivity contribution in [1.82, 2.24) is 9.88 Å². The highest BCUT2D eigenvalue weighted by Gasteiger charge is 2.47. The number of rotatable bonds is 5. The van der Waals surface area contributed by atoms with E-state index in [1.807, 2.05) is 35.9 Å². The van der Waals surface area contributed by atoms with Crippen molar-refractivity contribution < 1.29 is 9.47 Å². The van der Waals surface area contributed by atoms with Gasteiger partial charge in [-0.15, -0.1) is 11.3 Å². The molecule has 128 valence electrons. The number of aryl methyl sites for hydroxylation is 1. The number of hydrogen-bond acceptors (Lipinski definition) is 5. The Hall–Kier alpha value is -1.27. The van der Waals surface area contributed by atoms with Gasteiger partial charge >= 0.3 is 0 Å². The Morgan fingerprint density at radius 3 is 2.88 bits per heavy atom. The van der Waals surface area contributed by atoms with Crippen LogP contribution in [-0.2, 0) is 22.6 Å². The van der Waals surface area contributed by atoms with E-state index in [1.165, 1.54) is 15.3 Å². The summed E-state index contributed by atoms with van der Waals surface area (Å²) in [4.78, 5) is 9.37. The quantitative estimate of drug-likeness (QED) is 0.833. The molecule has 2 aromatic rings. The fourth-order valence-electron chi connectivity index (χ4n) is 3.71. The topological polar surface area (TPSA) is 34.6 Å². The van der Waals surface area contributed by atoms with E-state index < -0.39 is 0 Å². The van der Waals surface area contributed by atoms with E-state index >= 15 is 0 Å². The van der Waals surface area contributed by atoms with Gasteiger partial charge in [-0.05, 0) is 43.2 Å². The zero-order valence-corrected chi connectivity index (χ0v) is 14.9. The fourth-order valence-corrected chi connectivity index (χ4v) is 4.64. The Morgan fingerprint density at radius 1 is 1.29 bits per heavy atom. The smallest absolute Gasteiger partial charge is 0.0959 e. The van der Waals surface area contributed by atoms with Gasteiger partial charge in [-0.3, -0.25) is 9.88 Å². The number of nitrogens with zero attached hydrogens (tertiary/aromatic N) is 2. The lowest BCUT2D eigenvalue weighted by Gasteiger charge is -2.53. The highest BCUT2D eigenvalue weighted by atomic mass is 32.1. The number of hydrogen-bond donors (Lipinski definition) is 0. The third-order valence-electron chi connectivity index (χ3n) is 4.88. The zero-order valence-electron chi connectivity index (χ0n) is 14.1. The van der Waals surface area contributed by atoms with Gasteiger partial charge in [0.05, 0.1) is 18.3 Å². The third kappa shape index (κ3) is 3.70. The van der Waals surface area contributed by atoms with E-state index in [9.17, 15) is 0 Å². The summed E-state index contributed by atoms with van der Waals surface area (Å²) in [5.41, 5.74) is 1.21. The van der Waals surface area contributed by atoms with Gasteiger partial charge in [0, 0.05) is 54.8 Å². The minimum Gasteiger partial charge on any atom is -0.373 e. The van der Waals surface area contributed by atoms with E-state index in [2.05, 4.69) is 28.9 Å². The normalized spacial score (nSPS) is 23.3. The molecule has 2 fully saturated rings. The molecule has 0 saturated carbocycles. The SMILES string of the molecule is Cc1ccc(CN2CC3(C[C@@H](OCc4ccncc4)CCO3)C2)s1. The number of thiophene rings is 1. The Bertz CT molecular complexity index is 667. The summed E-state index contributed by atoms with van der Waals surface area (Å²) in [6, 6.07) is 8.48. The lowest BCUT2D eigenvalue weighted by Crippen LogP contribution is -2.65. The molecule has 1 spiro atoms. The monoisotopic (exact) mass is 344 g/mol. The molecule has 0 amide bonds. The minimum atomic E-state index is 0.0213. The van der Waals surface area contributed by atoms with Gasteiger partial charge < -0.3 is 9.47 Å². The molecule has 5 heteroatoms. The van der Waals surface area contributed by atoms with Crippen LogP contribution in [-0.4, -0.2) is 41.3 Å². The van der Waals surface area contributed by atoms with Gasteiger partial charge in [-0.25, -0.2) is 0 Å². The zero-order chi connectivity index (χ0) is 16.4. The summed E-state index contributed by atoms with van der Waals surface area (Å²) >= 11 is 1.89. The second-order valence-electron chi connectivity index (χ2n) is 6.97. The summed E-state index contributed by atoms with van der Waals surface area (Å²) in [5, 5.41) is 0. The van der Waals surface area contributed by atoms with Crippen LogP contribution >= 0.6 is 11.3 Å². The summed E-state index contributed by atoms with van der Waals surface area (Å²) in [5.74, 6) is 0. The van der Waals surface area contributed by atoms with Gasteiger partial charge in [0.2, 0.25) is 0 Å². The molecule has 0 radical (unpaired) electrons. The lowest BCUT2D eigenvalue weighted by molar-refractivity contribution is -0.200. The standard InChI is InChI=1S/C19H24N2O2S/c1-15-2-3-18(24-15)11-21-13-19(14-21)10-17(6-9-23-19)22-12-16-4-7-20-8-5-16/h2-5,7-8,17H,6,9-14H2,1H3/t17-/m0/s1. The average Bonchev–Trinajstić information content (AvgIpc) is 2.98. The highest BCUT2D eigenvalue weighted by Crippen LogP contribution is 2.36. The lowest BCUT2D eigenvalue weighted by atomic mass is 9.84. The van der Waals surface area contributed by atoms with Crippen LogP contribution in [0.2, 0.25) is 0 Å². The van der Waals surface area contributed by atoms with Crippen LogP contribution < -0.4 is 0 Å². The molecule has 0 aromatic carbocycles. The molecule has 0 N–H and O–H groups in total. The molecule has 4 nitrogen and oxygen atoms in total. The largest absolute Gasteiger partial charge is 0.373 e. The van der Waals surface area contributed by atoms with Crippen LogP contribution in [0, 0.1) is 6.92 Å². The van der Waals surface area contributed by atoms with Gasteiger partial charge in [0.1, 0.15) is 0 Å². The van der Waals surface area contributed by atoms with Gasteiger partial charge in [-0.1, -0.05) is 0 Å². The van der Waals surface area contributed by atoms with Gasteiger partial charge in [0.25, 0.3) is 0 Å². The van der Waals surface area contributed by atoms with Crippen LogP contribution in [0.15, 0.2) is 36.7 Å². The molecule has 1 atom stereocenters. The Labute approximate surface area is 147 Å². The third-order valence-corrected chi connectivity index (χ3v) is 5.87. The molecule has 4 heterocycles. The maximum Gasteiger partial charge on any atom is 0.0959 e. The second-order valence-corrected chi connectivity index (χ2v) is 8.34. The van der Waals surface area contributed by atoms with Crippen LogP contribution in [0.3, 0.4) is 0 Å². The summed E-state index contributed by atoms with van der Waals surface area (Å²) in [6.45, 7) is 6.75. The molecule has 2 aliphatic heterocycles. The number of likely N-dealkylation sites (tertiary alicyclic amines) is 1. The second kappa shape index (κ2) is 6.92. The van der Waals surface area contributed by atoms with E-state index in [0.29, 0.717) is 12.7 Å². The molecule has 0 aliphatic carbocycles. The predicted octanol–water partition coefficient (Wildman–Crippen LogP) is 3.40. The summed E-state index contributed by atoms with van der Waals surface area (Å²) in [6.07, 6.45) is 5.95. The van der Waals surface area contributed by atoms with Gasteiger partial charge in [-0.2, -0.15) is 0 Å². The summed E-state index contributed by atoms with van der Waals surface area (Å²) in [7, 11) is 0. The summed E-state index contributed by atoms with van der Waals surface area (Å²) < 4.78 is 12.3. The molecule has 2 aromatic heterocycles.